The first kappa shape index (κ1) is 11.0. The first-order chi connectivity index (χ1) is 4.93. The van der Waals surface area contributed by atoms with Gasteiger partial charge in [-0.1, -0.05) is 48.1 Å². The van der Waals surface area contributed by atoms with Crippen LogP contribution in [0.2, 0.25) is 5.28 Å². The molecule has 0 amide bonds. The van der Waals surface area contributed by atoms with Gasteiger partial charge in [-0.05, 0) is 0 Å². The van der Waals surface area contributed by atoms with Crippen molar-refractivity contribution in [2.24, 2.45) is 0 Å². The van der Waals surface area contributed by atoms with E-state index in [0.29, 0.717) is 15.2 Å². The topological polar surface area (TPSA) is 0 Å². The molecule has 0 aromatic heterocycles. The molecule has 0 aliphatic rings. The summed E-state index contributed by atoms with van der Waals surface area (Å²) >= 11 is 0.658. The van der Waals surface area contributed by atoms with E-state index in [1.54, 1.807) is 0 Å². The molecule has 0 nitrogen and oxygen atoms in total. The van der Waals surface area contributed by atoms with Crippen molar-refractivity contribution >= 4 is 27.6 Å². The Balaban J connectivity index is 0.000001000. The molecule has 1 rings (SSSR count). The molecule has 0 saturated carbocycles. The van der Waals surface area contributed by atoms with Crippen LogP contribution in [0.3, 0.4) is 0 Å². The molecule has 0 saturated heterocycles. The summed E-state index contributed by atoms with van der Waals surface area (Å²) in [5, 5.41) is 2.69. The van der Waals surface area contributed by atoms with Gasteiger partial charge in [-0.3, -0.25) is 0 Å². The monoisotopic (exact) mass is 183 g/mol. The van der Waals surface area contributed by atoms with Crippen LogP contribution in [0.4, 0.5) is 0 Å². The fraction of sp³-hybridized carbons (Fsp3) is 0.333. The van der Waals surface area contributed by atoms with Gasteiger partial charge in [0, 0.05) is 0 Å². The lowest BCUT2D eigenvalue weighted by Gasteiger charge is -1.95. The largest absolute Gasteiger partial charge is 0.206 e. The van der Waals surface area contributed by atoms with E-state index in [0.717, 1.165) is 0 Å². The van der Waals surface area contributed by atoms with Gasteiger partial charge in [0.15, 0.2) is 0 Å². The Bertz CT molecular complexity index is 174. The number of halogens is 1. The Labute approximate surface area is 81.1 Å². The van der Waals surface area contributed by atoms with Gasteiger partial charge in [-0.15, -0.1) is 17.7 Å². The van der Waals surface area contributed by atoms with Gasteiger partial charge in [-0.2, -0.15) is 0 Å². The van der Waals surface area contributed by atoms with Crippen LogP contribution in [0.25, 0.3) is 0 Å². The minimum Gasteiger partial charge on any atom is -0.147 e. The highest BCUT2D eigenvalue weighted by atomic mass is 35.5. The highest BCUT2D eigenvalue weighted by Crippen LogP contribution is 1.98. The molecule has 0 aliphatic heterocycles. The normalized spacial score (nSPS) is 8.45. The van der Waals surface area contributed by atoms with Crippen molar-refractivity contribution in [3.05, 3.63) is 35.9 Å². The predicted octanol–water partition coefficient (Wildman–Crippen LogP) is 2.75. The molecule has 0 unspecified atom stereocenters. The predicted molar refractivity (Wildman–Crippen MR) is 53.6 cm³/mol. The van der Waals surface area contributed by atoms with Crippen LogP contribution in [0.5, 0.6) is 0 Å². The van der Waals surface area contributed by atoms with E-state index in [1.807, 2.05) is 0 Å². The first-order valence-corrected chi connectivity index (χ1v) is 5.42. The summed E-state index contributed by atoms with van der Waals surface area (Å²) in [5.74, 6) is 0. The van der Waals surface area contributed by atoms with Gasteiger partial charge in [0.25, 0.3) is 0 Å². The van der Waals surface area contributed by atoms with E-state index < -0.39 is 0 Å². The van der Waals surface area contributed by atoms with E-state index in [2.05, 4.69) is 37.3 Å². The molecule has 11 heavy (non-hydrogen) atoms. The average Bonchev–Trinajstić information content (AvgIpc) is 2.03. The van der Waals surface area contributed by atoms with Crippen LogP contribution < -0.4 is 0 Å². The Morgan fingerprint density at radius 2 is 1.82 bits per heavy atom. The molecule has 0 N–H and O–H groups in total. The second-order valence-electron chi connectivity index (χ2n) is 2.39. The van der Waals surface area contributed by atoms with Crippen molar-refractivity contribution in [3.8, 4) is 0 Å². The van der Waals surface area contributed by atoms with Crippen LogP contribution in [0.15, 0.2) is 30.3 Å². The molecule has 0 bridgehead atoms. The van der Waals surface area contributed by atoms with E-state index >= 15 is 0 Å². The molecule has 1 radical (unpaired) electrons. The molecule has 0 heterocycles. The minimum atomic E-state index is 0. The fourth-order valence-electron chi connectivity index (χ4n) is 0.925. The number of rotatable bonds is 3. The molecule has 0 atom stereocenters. The maximum Gasteiger partial charge on any atom is 0.206 e. The molecular formula is C9H13AlCl. The second kappa shape index (κ2) is 6.73. The summed E-state index contributed by atoms with van der Waals surface area (Å²) in [6, 6.07) is 10.7. The first-order valence-electron chi connectivity index (χ1n) is 3.79. The lowest BCUT2D eigenvalue weighted by molar-refractivity contribution is 1.33. The quantitative estimate of drug-likeness (QED) is 0.633. The highest BCUT2D eigenvalue weighted by Gasteiger charge is 1.90. The third kappa shape index (κ3) is 4.48. The Kier molecular flexibility index (Phi) is 6.76. The number of hydrogen-bond acceptors (Lipinski definition) is 0. The van der Waals surface area contributed by atoms with E-state index in [4.69, 9.17) is 0 Å². The van der Waals surface area contributed by atoms with Crippen molar-refractivity contribution < 1.29 is 0 Å². The standard InChI is InChI=1S/C7H7.C2H5.Al.ClH/c1-7-5-3-2-4-6-7;1-2;;/h2-6H,1H2;1H2,2H3;;1H. The minimum absolute atomic E-state index is 0. The van der Waals surface area contributed by atoms with Gasteiger partial charge < -0.3 is 0 Å². The van der Waals surface area contributed by atoms with Gasteiger partial charge in [-0.25, -0.2) is 0 Å². The van der Waals surface area contributed by atoms with Crippen molar-refractivity contribution in [2.45, 2.75) is 17.5 Å². The van der Waals surface area contributed by atoms with Crippen molar-refractivity contribution in [1.82, 2.24) is 0 Å². The fourth-order valence-corrected chi connectivity index (χ4v) is 1.82. The Hall–Kier alpha value is 0.0425. The summed E-state index contributed by atoms with van der Waals surface area (Å²) in [4.78, 5) is 0. The summed E-state index contributed by atoms with van der Waals surface area (Å²) in [7, 11) is 0. The molecule has 0 spiro atoms. The van der Waals surface area contributed by atoms with Gasteiger partial charge in [0.2, 0.25) is 15.2 Å². The maximum atomic E-state index is 2.26. The van der Waals surface area contributed by atoms with Crippen LogP contribution in [-0.2, 0) is 5.28 Å². The summed E-state index contributed by atoms with van der Waals surface area (Å²) in [6.45, 7) is 2.26. The lowest BCUT2D eigenvalue weighted by Crippen LogP contribution is -1.92. The molecule has 2 heteroatoms. The number of hydrogen-bond donors (Lipinski definition) is 0. The SMILES string of the molecule is C[CH2][Al][CH2]c1ccccc1.Cl. The van der Waals surface area contributed by atoms with Crippen LogP contribution >= 0.6 is 12.4 Å². The van der Waals surface area contributed by atoms with E-state index in [-0.39, 0.29) is 12.4 Å². The second-order valence-corrected chi connectivity index (χ2v) is 4.19. The maximum absolute atomic E-state index is 2.26. The van der Waals surface area contributed by atoms with Gasteiger partial charge in [0.1, 0.15) is 0 Å². The zero-order valence-electron chi connectivity index (χ0n) is 6.79. The summed E-state index contributed by atoms with van der Waals surface area (Å²) < 4.78 is 0. The van der Waals surface area contributed by atoms with E-state index in [1.165, 1.54) is 16.1 Å². The number of benzene rings is 1. The average molecular weight is 184 g/mol. The Morgan fingerprint density at radius 1 is 1.18 bits per heavy atom. The molecule has 0 fully saturated rings. The highest BCUT2D eigenvalue weighted by molar-refractivity contribution is 6.34. The van der Waals surface area contributed by atoms with Crippen molar-refractivity contribution in [1.29, 1.82) is 0 Å². The summed E-state index contributed by atoms with van der Waals surface area (Å²) in [6.07, 6.45) is 0. The molecular weight excluding hydrogens is 171 g/mol. The van der Waals surface area contributed by atoms with Crippen LogP contribution in [0, 0.1) is 0 Å². The van der Waals surface area contributed by atoms with Gasteiger partial charge >= 0.3 is 0 Å². The zero-order valence-corrected chi connectivity index (χ0v) is 8.76. The lowest BCUT2D eigenvalue weighted by atomic mass is 10.2. The van der Waals surface area contributed by atoms with E-state index in [9.17, 15) is 0 Å². The molecule has 59 valence electrons. The van der Waals surface area contributed by atoms with Crippen molar-refractivity contribution in [3.63, 3.8) is 0 Å². The third-order valence-electron chi connectivity index (χ3n) is 1.51. The Morgan fingerprint density at radius 3 is 2.36 bits per heavy atom. The molecule has 1 aromatic carbocycles. The van der Waals surface area contributed by atoms with Crippen LogP contribution in [-0.4, -0.2) is 15.2 Å². The van der Waals surface area contributed by atoms with Crippen molar-refractivity contribution in [2.75, 3.05) is 0 Å². The molecule has 1 aromatic rings. The van der Waals surface area contributed by atoms with Crippen LogP contribution in [0.1, 0.15) is 12.5 Å². The third-order valence-corrected chi connectivity index (χ3v) is 2.85. The molecule has 0 aliphatic carbocycles. The smallest absolute Gasteiger partial charge is 0.147 e. The zero-order chi connectivity index (χ0) is 7.23. The summed E-state index contributed by atoms with van der Waals surface area (Å²) in [5.41, 5.74) is 1.50. The van der Waals surface area contributed by atoms with Gasteiger partial charge in [0.05, 0.1) is 0 Å².